The average molecular weight is 1820 g/mol. The van der Waals surface area contributed by atoms with Gasteiger partial charge in [0.25, 0.3) is 0 Å². The Morgan fingerprint density at radius 3 is 0.821 bits per heavy atom. The van der Waals surface area contributed by atoms with E-state index in [9.17, 15) is 4.32 Å². The van der Waals surface area contributed by atoms with E-state index in [0.717, 1.165) is 92.4 Å². The van der Waals surface area contributed by atoms with E-state index in [0.29, 0.717) is 35.2 Å². The Kier molecular flexibility index (Phi) is 22.2. The molecule has 638 valence electrons. The fraction of sp³-hybridized carbons (Fsp3) is 0.0500. The lowest BCUT2D eigenvalue weighted by molar-refractivity contribution is 0.641. The third-order valence-corrected chi connectivity index (χ3v) is 37.5. The quantitative estimate of drug-likeness (QED) is 0.0751. The Morgan fingerprint density at radius 2 is 0.485 bits per heavy atom. The Labute approximate surface area is 791 Å². The number of para-hydroxylation sites is 4. The number of halogens is 2. The van der Waals surface area contributed by atoms with Crippen LogP contribution in [0.1, 0.15) is 49.9 Å². The number of hydrogen-bond acceptors (Lipinski definition) is 6. The monoisotopic (exact) mass is 1820 g/mol. The molecule has 2 aliphatic rings. The molecule has 6 heterocycles. The van der Waals surface area contributed by atoms with Crippen LogP contribution in [0.2, 0.25) is 0 Å². The summed E-state index contributed by atoms with van der Waals surface area (Å²) in [5, 5.41) is 15.0. The number of aromatic nitrogens is 8. The fourth-order valence-electron chi connectivity index (χ4n) is 21.3. The summed E-state index contributed by atoms with van der Waals surface area (Å²) in [4.78, 5) is 31.5. The highest BCUT2D eigenvalue weighted by molar-refractivity contribution is 9.10. The van der Waals surface area contributed by atoms with E-state index in [1.165, 1.54) is 69.0 Å². The van der Waals surface area contributed by atoms with Crippen molar-refractivity contribution in [2.75, 3.05) is 0 Å². The van der Waals surface area contributed by atoms with E-state index in [4.69, 9.17) is 29.9 Å². The van der Waals surface area contributed by atoms with Crippen LogP contribution in [0.25, 0.3) is 101 Å². The Morgan fingerprint density at radius 1 is 0.239 bits per heavy atom. The largest absolute Gasteiger partial charge is 0.414 e. The second-order valence-corrected chi connectivity index (χ2v) is 44.2. The van der Waals surface area contributed by atoms with Gasteiger partial charge in [0.15, 0.2) is 39.4 Å². The van der Waals surface area contributed by atoms with Crippen molar-refractivity contribution in [3.05, 3.63) is 500 Å². The van der Waals surface area contributed by atoms with Crippen molar-refractivity contribution in [2.24, 2.45) is 0 Å². The van der Waals surface area contributed by atoms with Gasteiger partial charge in [-0.05, 0) is 111 Å². The van der Waals surface area contributed by atoms with Gasteiger partial charge in [0, 0.05) is 59.1 Å². The molecule has 0 fully saturated rings. The molecule has 0 radical (unpaired) electrons. The van der Waals surface area contributed by atoms with Crippen LogP contribution < -0.4 is 68.8 Å². The molecule has 18 aromatic carbocycles. The van der Waals surface area contributed by atoms with Crippen LogP contribution in [-0.4, -0.2) is 68.9 Å². The van der Waals surface area contributed by atoms with Crippen LogP contribution in [0.4, 0.5) is 4.32 Å². The molecule has 0 amide bonds. The molecule has 0 saturated carbocycles. The third kappa shape index (κ3) is 14.8. The van der Waals surface area contributed by atoms with Crippen molar-refractivity contribution >= 4 is 158 Å². The minimum absolute atomic E-state index is 0.0953. The van der Waals surface area contributed by atoms with Crippen molar-refractivity contribution in [3.8, 4) is 57.4 Å². The molecule has 0 aliphatic carbocycles. The first-order valence-corrected chi connectivity index (χ1v) is 50.5. The van der Waals surface area contributed by atoms with E-state index in [1.807, 2.05) is 84.9 Å². The Balaban J connectivity index is 0.000000135. The second kappa shape index (κ2) is 35.3. The normalized spacial score (nSPS) is 12.9. The van der Waals surface area contributed by atoms with Gasteiger partial charge in [0.1, 0.15) is 0 Å². The number of nitrogens with zero attached hydrogens (tertiary/aromatic N) is 8. The summed E-state index contributed by atoms with van der Waals surface area (Å²) in [6, 6.07) is 169. The highest BCUT2D eigenvalue weighted by atomic mass is 79.9. The maximum absolute atomic E-state index is 14.5. The highest BCUT2D eigenvalue weighted by Gasteiger charge is 2.46. The van der Waals surface area contributed by atoms with Crippen LogP contribution in [-0.2, 0) is 10.8 Å². The Bertz CT molecular complexity index is 7830. The van der Waals surface area contributed by atoms with Crippen molar-refractivity contribution in [3.63, 3.8) is 0 Å². The Hall–Kier alpha value is -15.4. The molecular formula is C120H90B2BrFN8Si2. The summed E-state index contributed by atoms with van der Waals surface area (Å²) < 4.78 is 19.9. The van der Waals surface area contributed by atoms with Crippen molar-refractivity contribution in [2.45, 2.75) is 38.5 Å². The topological polar surface area (TPSA) is 87.2 Å². The molecule has 8 nitrogen and oxygen atoms in total. The zero-order chi connectivity index (χ0) is 90.5. The van der Waals surface area contributed by atoms with E-state index in [2.05, 4.69) is 441 Å². The first kappa shape index (κ1) is 84.1. The van der Waals surface area contributed by atoms with Crippen molar-refractivity contribution in [1.29, 1.82) is 0 Å². The van der Waals surface area contributed by atoms with Crippen LogP contribution in [0, 0.1) is 0 Å². The zero-order valence-electron chi connectivity index (χ0n) is 74.5. The standard InChI is InChI=1S/C60H45BN4Si.C45H31BrN4Si.C15H14BF/c1-60(2)51-31-14-16-33-53(51)61(54-34-17-15-32-52(54)60)44-37-39-47(40-38-44)66(45-24-8-4-9-25-45,46-26-10-5-11-27-46)48-28-20-23-43(41-48)58-62-57(42-21-6-3-7-22-42)63-59(64-58)65-55-35-18-12-29-49(55)50-30-13-19-36-56(50)65;46-34-27-29-37(30-28-34)51(35-18-6-2-7-19-35,36-20-8-3-9-21-36)38-22-14-17-33(31-38)44-47-43(32-15-4-1-5-16-32)48-45(49-44)50-41-25-12-10-23-39(41)40-24-11-13-26-42(40)50;1-15(2)11-7-3-5-9-13(11)16(17)14-10-6-4-8-12(14)15/h3-41H,1-2H3;1-31H;3-10H,1-2H3. The first-order chi connectivity index (χ1) is 65.8. The maximum Gasteiger partial charge on any atom is 0.414 e. The number of hydrogen-bond donors (Lipinski definition) is 0. The van der Waals surface area contributed by atoms with Gasteiger partial charge >= 0.3 is 6.99 Å². The minimum Gasteiger partial charge on any atom is -0.322 e. The molecule has 24 rings (SSSR count). The zero-order valence-corrected chi connectivity index (χ0v) is 78.1. The molecule has 0 unspecified atom stereocenters. The SMILES string of the molecule is Brc1ccc([Si](c2ccccc2)(c2ccccc2)c2cccc(-c3nc(-c4ccccc4)nc(-n4c5ccccc5c5ccccc54)n3)c2)cc1.CC1(C)c2ccccc2B(F)c2ccccc21.CC1(C)c2ccccc2B(c2ccc([Si](c3ccccc3)(c3ccccc3)c3cccc(-c4nc(-c5ccccc5)nc(-n5c6ccccc6c6ccccc65)n4)c3)cc2)c2ccccc21. The smallest absolute Gasteiger partial charge is 0.322 e. The molecule has 0 N–H and O–H groups in total. The molecule has 0 bridgehead atoms. The van der Waals surface area contributed by atoms with Gasteiger partial charge < -0.3 is 4.32 Å². The van der Waals surface area contributed by atoms with Gasteiger partial charge in [-0.15, -0.1) is 0 Å². The molecular weight excluding hydrogens is 1730 g/mol. The predicted molar refractivity (Wildman–Crippen MR) is 566 cm³/mol. The molecule has 14 heteroatoms. The van der Waals surface area contributed by atoms with Gasteiger partial charge in [0.05, 0.1) is 22.1 Å². The summed E-state index contributed by atoms with van der Waals surface area (Å²) in [7, 11) is -5.80. The van der Waals surface area contributed by atoms with Crippen LogP contribution in [0.3, 0.4) is 0 Å². The van der Waals surface area contributed by atoms with Crippen LogP contribution in [0.5, 0.6) is 0 Å². The summed E-state index contributed by atoms with van der Waals surface area (Å²) in [5.74, 6) is 3.68. The van der Waals surface area contributed by atoms with Gasteiger partial charge in [-0.25, -0.2) is 9.97 Å². The molecule has 0 atom stereocenters. The van der Waals surface area contributed by atoms with Crippen molar-refractivity contribution < 1.29 is 4.32 Å². The maximum atomic E-state index is 14.5. The van der Waals surface area contributed by atoms with Crippen molar-refractivity contribution in [1.82, 2.24) is 39.0 Å². The lowest BCUT2D eigenvalue weighted by Crippen LogP contribution is -2.75. The minimum atomic E-state index is -3.00. The lowest BCUT2D eigenvalue weighted by atomic mass is 9.31. The van der Waals surface area contributed by atoms with E-state index < -0.39 is 23.1 Å². The molecule has 4 aromatic heterocycles. The molecule has 0 spiro atoms. The van der Waals surface area contributed by atoms with Gasteiger partial charge in [0.2, 0.25) is 18.6 Å². The fourth-order valence-corrected chi connectivity index (χ4v) is 31.1. The van der Waals surface area contributed by atoms with Crippen LogP contribution in [0.15, 0.2) is 478 Å². The van der Waals surface area contributed by atoms with E-state index in [-0.39, 0.29) is 17.5 Å². The van der Waals surface area contributed by atoms with Gasteiger partial charge in [-0.2, -0.15) is 19.9 Å². The third-order valence-electron chi connectivity index (χ3n) is 27.5. The summed E-state index contributed by atoms with van der Waals surface area (Å²) in [6.07, 6.45) is 0. The molecule has 22 aromatic rings. The number of fused-ring (bicyclic) bond motifs is 10. The molecule has 134 heavy (non-hydrogen) atoms. The second-order valence-electron chi connectivity index (χ2n) is 35.7. The first-order valence-electron chi connectivity index (χ1n) is 45.7. The highest BCUT2D eigenvalue weighted by Crippen LogP contribution is 2.38. The number of rotatable bonds is 15. The number of benzene rings is 18. The summed E-state index contributed by atoms with van der Waals surface area (Å²) in [5.41, 5.74) is 18.4. The summed E-state index contributed by atoms with van der Waals surface area (Å²) in [6.45, 7) is 8.19. The van der Waals surface area contributed by atoms with Gasteiger partial charge in [-0.1, -0.05) is 497 Å². The summed E-state index contributed by atoms with van der Waals surface area (Å²) >= 11 is 3.69. The lowest BCUT2D eigenvalue weighted by Gasteiger charge is -2.39. The van der Waals surface area contributed by atoms with Gasteiger partial charge in [-0.3, -0.25) is 9.13 Å². The van der Waals surface area contributed by atoms with Crippen LogP contribution >= 0.6 is 15.9 Å². The molecule has 0 saturated heterocycles. The van der Waals surface area contributed by atoms with E-state index >= 15 is 0 Å². The molecule has 2 aliphatic heterocycles. The van der Waals surface area contributed by atoms with E-state index in [1.54, 1.807) is 0 Å². The average Bonchev–Trinajstić information content (AvgIpc) is 1.07. The predicted octanol–water partition coefficient (Wildman–Crippen LogP) is 19.7.